The molecule has 110 valence electrons. The highest BCUT2D eigenvalue weighted by Gasteiger charge is 2.36. The van der Waals surface area contributed by atoms with E-state index in [1.165, 1.54) is 12.1 Å². The molecule has 0 spiro atoms. The van der Waals surface area contributed by atoms with Gasteiger partial charge in [-0.3, -0.25) is 4.79 Å². The van der Waals surface area contributed by atoms with E-state index in [0.717, 1.165) is 31.4 Å². The SMILES string of the molecule is CC1(C)CCCNC1C(=O)NCCc1ccc(F)cc1. The molecule has 1 heterocycles. The Bertz CT molecular complexity index is 456. The number of halogens is 1. The quantitative estimate of drug-likeness (QED) is 0.887. The zero-order chi connectivity index (χ0) is 14.6. The molecule has 2 rings (SSSR count). The van der Waals surface area contributed by atoms with Gasteiger partial charge in [-0.1, -0.05) is 26.0 Å². The van der Waals surface area contributed by atoms with Gasteiger partial charge in [-0.05, 0) is 48.9 Å². The highest BCUT2D eigenvalue weighted by molar-refractivity contribution is 5.82. The van der Waals surface area contributed by atoms with Crippen molar-refractivity contribution in [1.82, 2.24) is 10.6 Å². The predicted molar refractivity (Wildman–Crippen MR) is 77.9 cm³/mol. The van der Waals surface area contributed by atoms with Gasteiger partial charge in [0.1, 0.15) is 5.82 Å². The maximum atomic E-state index is 12.8. The standard InChI is InChI=1S/C16H23FN2O/c1-16(2)9-3-10-18-14(16)15(20)19-11-8-12-4-6-13(17)7-5-12/h4-7,14,18H,3,8-11H2,1-2H3,(H,19,20). The van der Waals surface area contributed by atoms with Gasteiger partial charge in [0.2, 0.25) is 5.91 Å². The average molecular weight is 278 g/mol. The van der Waals surface area contributed by atoms with Crippen molar-refractivity contribution in [1.29, 1.82) is 0 Å². The van der Waals surface area contributed by atoms with Crippen molar-refractivity contribution in [2.24, 2.45) is 5.41 Å². The van der Waals surface area contributed by atoms with Crippen molar-refractivity contribution >= 4 is 5.91 Å². The Morgan fingerprint density at radius 3 is 2.75 bits per heavy atom. The topological polar surface area (TPSA) is 41.1 Å². The molecule has 1 aromatic carbocycles. The minimum absolute atomic E-state index is 0.00178. The lowest BCUT2D eigenvalue weighted by Crippen LogP contribution is -2.55. The molecule has 1 fully saturated rings. The molecule has 1 unspecified atom stereocenters. The molecule has 1 aromatic rings. The van der Waals surface area contributed by atoms with Crippen LogP contribution in [-0.2, 0) is 11.2 Å². The van der Waals surface area contributed by atoms with E-state index in [9.17, 15) is 9.18 Å². The molecule has 3 nitrogen and oxygen atoms in total. The van der Waals surface area contributed by atoms with Crippen molar-refractivity contribution in [3.05, 3.63) is 35.6 Å². The summed E-state index contributed by atoms with van der Waals surface area (Å²) in [6.45, 7) is 5.74. The molecule has 0 bridgehead atoms. The van der Waals surface area contributed by atoms with Gasteiger partial charge in [0, 0.05) is 6.54 Å². The van der Waals surface area contributed by atoms with Crippen LogP contribution in [0.5, 0.6) is 0 Å². The third-order valence-electron chi connectivity index (χ3n) is 4.02. The molecule has 1 amide bonds. The summed E-state index contributed by atoms with van der Waals surface area (Å²) in [4.78, 5) is 12.2. The lowest BCUT2D eigenvalue weighted by Gasteiger charge is -2.38. The molecule has 0 aromatic heterocycles. The molecule has 0 saturated carbocycles. The van der Waals surface area contributed by atoms with Crippen LogP contribution in [0.3, 0.4) is 0 Å². The maximum Gasteiger partial charge on any atom is 0.237 e. The number of benzene rings is 1. The summed E-state index contributed by atoms with van der Waals surface area (Å²) in [5.74, 6) is -0.164. The molecule has 0 aliphatic carbocycles. The molecule has 1 aliphatic rings. The summed E-state index contributed by atoms with van der Waals surface area (Å²) in [6, 6.07) is 6.28. The molecule has 0 radical (unpaired) electrons. The van der Waals surface area contributed by atoms with E-state index in [0.29, 0.717) is 6.54 Å². The van der Waals surface area contributed by atoms with E-state index in [-0.39, 0.29) is 23.2 Å². The molecular formula is C16H23FN2O. The molecule has 2 N–H and O–H groups in total. The summed E-state index contributed by atoms with van der Waals surface area (Å²) >= 11 is 0. The largest absolute Gasteiger partial charge is 0.354 e. The van der Waals surface area contributed by atoms with Gasteiger partial charge >= 0.3 is 0 Å². The third-order valence-corrected chi connectivity index (χ3v) is 4.02. The van der Waals surface area contributed by atoms with Crippen molar-refractivity contribution in [2.45, 2.75) is 39.2 Å². The lowest BCUT2D eigenvalue weighted by molar-refractivity contribution is -0.126. The molecule has 20 heavy (non-hydrogen) atoms. The normalized spacial score (nSPS) is 21.4. The van der Waals surface area contributed by atoms with Crippen molar-refractivity contribution in [3.8, 4) is 0 Å². The van der Waals surface area contributed by atoms with Gasteiger partial charge in [-0.15, -0.1) is 0 Å². The average Bonchev–Trinajstić information content (AvgIpc) is 2.40. The van der Waals surface area contributed by atoms with E-state index in [4.69, 9.17) is 0 Å². The number of carbonyl (C=O) groups excluding carboxylic acids is 1. The van der Waals surface area contributed by atoms with Crippen LogP contribution in [0.15, 0.2) is 24.3 Å². The number of amides is 1. The van der Waals surface area contributed by atoms with Crippen LogP contribution in [0.4, 0.5) is 4.39 Å². The van der Waals surface area contributed by atoms with Crippen LogP contribution in [0.1, 0.15) is 32.3 Å². The van der Waals surface area contributed by atoms with Gasteiger partial charge in [-0.25, -0.2) is 4.39 Å². The Balaban J connectivity index is 1.81. The van der Waals surface area contributed by atoms with Crippen LogP contribution in [0.2, 0.25) is 0 Å². The fourth-order valence-corrected chi connectivity index (χ4v) is 2.74. The van der Waals surface area contributed by atoms with E-state index in [1.807, 2.05) is 0 Å². The molecule has 1 atom stereocenters. The summed E-state index contributed by atoms with van der Waals surface area (Å²) in [7, 11) is 0. The van der Waals surface area contributed by atoms with Crippen LogP contribution in [0.25, 0.3) is 0 Å². The number of carbonyl (C=O) groups is 1. The van der Waals surface area contributed by atoms with Gasteiger partial charge in [0.05, 0.1) is 6.04 Å². The Morgan fingerprint density at radius 2 is 2.10 bits per heavy atom. The van der Waals surface area contributed by atoms with Gasteiger partial charge in [-0.2, -0.15) is 0 Å². The highest BCUT2D eigenvalue weighted by atomic mass is 19.1. The number of rotatable bonds is 4. The Morgan fingerprint density at radius 1 is 1.40 bits per heavy atom. The minimum Gasteiger partial charge on any atom is -0.354 e. The molecule has 4 heteroatoms. The maximum absolute atomic E-state index is 12.8. The number of hydrogen-bond acceptors (Lipinski definition) is 2. The summed E-state index contributed by atoms with van der Waals surface area (Å²) in [5.41, 5.74) is 1.03. The number of hydrogen-bond donors (Lipinski definition) is 2. The molecule has 1 aliphatic heterocycles. The zero-order valence-electron chi connectivity index (χ0n) is 12.2. The van der Waals surface area contributed by atoms with Gasteiger partial charge in [0.25, 0.3) is 0 Å². The first-order valence-electron chi connectivity index (χ1n) is 7.24. The van der Waals surface area contributed by atoms with Gasteiger partial charge in [0.15, 0.2) is 0 Å². The van der Waals surface area contributed by atoms with Crippen molar-refractivity contribution < 1.29 is 9.18 Å². The second-order valence-corrected chi connectivity index (χ2v) is 6.15. The smallest absolute Gasteiger partial charge is 0.237 e. The summed E-state index contributed by atoms with van der Waals surface area (Å²) < 4.78 is 12.8. The van der Waals surface area contributed by atoms with Crippen molar-refractivity contribution in [3.63, 3.8) is 0 Å². The number of piperidine rings is 1. The third kappa shape index (κ3) is 3.79. The zero-order valence-corrected chi connectivity index (χ0v) is 12.2. The fraction of sp³-hybridized carbons (Fsp3) is 0.562. The second-order valence-electron chi connectivity index (χ2n) is 6.15. The first-order chi connectivity index (χ1) is 9.49. The Kier molecular flexibility index (Phi) is 4.76. The second kappa shape index (κ2) is 6.35. The monoisotopic (exact) mass is 278 g/mol. The van der Waals surface area contributed by atoms with E-state index < -0.39 is 0 Å². The van der Waals surface area contributed by atoms with E-state index >= 15 is 0 Å². The van der Waals surface area contributed by atoms with Gasteiger partial charge < -0.3 is 10.6 Å². The van der Waals surface area contributed by atoms with Crippen LogP contribution in [0, 0.1) is 11.2 Å². The minimum atomic E-state index is -0.231. The molecular weight excluding hydrogens is 255 g/mol. The van der Waals surface area contributed by atoms with E-state index in [1.54, 1.807) is 12.1 Å². The molecule has 1 saturated heterocycles. The first-order valence-corrected chi connectivity index (χ1v) is 7.24. The Hall–Kier alpha value is -1.42. The fourth-order valence-electron chi connectivity index (χ4n) is 2.74. The highest BCUT2D eigenvalue weighted by Crippen LogP contribution is 2.30. The summed E-state index contributed by atoms with van der Waals surface area (Å²) in [5, 5.41) is 6.28. The first kappa shape index (κ1) is 15.0. The van der Waals surface area contributed by atoms with Crippen molar-refractivity contribution in [2.75, 3.05) is 13.1 Å². The van der Waals surface area contributed by atoms with Crippen LogP contribution < -0.4 is 10.6 Å². The Labute approximate surface area is 120 Å². The predicted octanol–water partition coefficient (Wildman–Crippen LogP) is 2.26. The summed E-state index contributed by atoms with van der Waals surface area (Å²) in [6.07, 6.45) is 2.90. The number of nitrogens with one attached hydrogen (secondary N) is 2. The van der Waals surface area contributed by atoms with Crippen LogP contribution in [-0.4, -0.2) is 25.0 Å². The lowest BCUT2D eigenvalue weighted by atomic mass is 9.77. The van der Waals surface area contributed by atoms with Crippen LogP contribution >= 0.6 is 0 Å². The van der Waals surface area contributed by atoms with E-state index in [2.05, 4.69) is 24.5 Å².